The first-order chi connectivity index (χ1) is 36.5. The number of alkyl carbamates (subject to hydrolysis) is 1. The summed E-state index contributed by atoms with van der Waals surface area (Å²) >= 11 is 0. The van der Waals surface area contributed by atoms with Crippen LogP contribution in [0.1, 0.15) is 43.4 Å². The van der Waals surface area contributed by atoms with E-state index < -0.39 is 96.3 Å². The Morgan fingerprint density at radius 3 is 1.49 bits per heavy atom. The third kappa shape index (κ3) is 10.6. The Labute approximate surface area is 437 Å². The third-order valence-electron chi connectivity index (χ3n) is 16.4. The van der Waals surface area contributed by atoms with Crippen molar-refractivity contribution in [1.29, 1.82) is 0 Å². The first-order valence-corrected chi connectivity index (χ1v) is 25.9. The van der Waals surface area contributed by atoms with Crippen molar-refractivity contribution in [3.63, 3.8) is 0 Å². The van der Waals surface area contributed by atoms with Crippen LogP contribution in [-0.4, -0.2) is 152 Å². The van der Waals surface area contributed by atoms with Crippen LogP contribution < -0.4 is 64.2 Å². The first kappa shape index (κ1) is 51.8. The molecule has 76 heavy (non-hydrogen) atoms. The van der Waals surface area contributed by atoms with E-state index in [4.69, 9.17) is 10.5 Å². The van der Waals surface area contributed by atoms with Gasteiger partial charge in [-0.3, -0.25) is 38.4 Å². The Kier molecular flexibility index (Phi) is 14.4. The molecule has 3 saturated heterocycles. The highest BCUT2D eigenvalue weighted by Gasteiger charge is 2.63. The number of rotatable bonds is 20. The van der Waals surface area contributed by atoms with Crippen molar-refractivity contribution >= 4 is 53.4 Å². The van der Waals surface area contributed by atoms with Crippen LogP contribution in [0.2, 0.25) is 0 Å². The van der Waals surface area contributed by atoms with Crippen LogP contribution in [0, 0.1) is 35.5 Å². The second kappa shape index (κ2) is 21.2. The summed E-state index contributed by atoms with van der Waals surface area (Å²) < 4.78 is 5.62. The van der Waals surface area contributed by atoms with Crippen LogP contribution in [0.25, 0.3) is 11.1 Å². The van der Waals surface area contributed by atoms with E-state index in [1.54, 1.807) is 32.9 Å². The van der Waals surface area contributed by atoms with Gasteiger partial charge in [0.2, 0.25) is 47.3 Å². The van der Waals surface area contributed by atoms with E-state index in [9.17, 15) is 48.3 Å². The summed E-state index contributed by atoms with van der Waals surface area (Å²) in [4.78, 5) is 117. The van der Waals surface area contributed by atoms with Gasteiger partial charge >= 0.3 is 6.09 Å². The second-order valence-corrected chi connectivity index (χ2v) is 21.2. The molecule has 3 aromatic rings. The molecule has 10 rings (SSSR count). The highest BCUT2D eigenvalue weighted by Crippen LogP contribution is 2.48. The zero-order valence-corrected chi connectivity index (χ0v) is 42.1. The Hall–Kier alpha value is -7.63. The maximum absolute atomic E-state index is 13.5. The summed E-state index contributed by atoms with van der Waals surface area (Å²) in [5, 5.41) is 41.2. The SMILES string of the molecule is C[C@H](NC(=O)OCC1c2ccccc2-c2ccccc21)C(=O)N[C@H]1[C@@H]2CN[C@@H](C(=O)N[C@@H](C)C(=O)N[C@H]3[C@@H]4CN[C@@H](C(=O)N[C@@H](C)C(=O)N[C@H]5[C@@H]6CN[C@@H](C(=O)NCC(=O)N[C@@H](Cc7ccc(O)cc7)C(N)=O)[C@@H]65)[C@@H]43)[C@@H]21. The Balaban J connectivity index is 0.610. The molecule has 3 aliphatic heterocycles. The fraction of sp³-hybridized carbons (Fsp3) is 0.491. The maximum atomic E-state index is 13.5. The van der Waals surface area contributed by atoms with E-state index in [0.717, 1.165) is 22.3 Å². The average molecular weight is 1050 g/mol. The van der Waals surface area contributed by atoms with Gasteiger partial charge in [-0.2, -0.15) is 0 Å². The molecule has 16 atom stereocenters. The zero-order valence-electron chi connectivity index (χ0n) is 42.1. The summed E-state index contributed by atoms with van der Waals surface area (Å²) in [6.07, 6.45) is -0.621. The van der Waals surface area contributed by atoms with Gasteiger partial charge in [0.1, 0.15) is 36.5 Å². The minimum atomic E-state index is -1.04. The highest BCUT2D eigenvalue weighted by molar-refractivity contribution is 5.94. The van der Waals surface area contributed by atoms with E-state index in [0.29, 0.717) is 25.2 Å². The van der Waals surface area contributed by atoms with Crippen molar-refractivity contribution in [2.24, 2.45) is 41.2 Å². The van der Waals surface area contributed by atoms with Crippen LogP contribution in [0.15, 0.2) is 72.8 Å². The zero-order chi connectivity index (χ0) is 53.7. The number of nitrogens with two attached hydrogens (primary N) is 1. The van der Waals surface area contributed by atoms with E-state index in [2.05, 4.69) is 58.5 Å². The van der Waals surface area contributed by atoms with Gasteiger partial charge in [-0.05, 0) is 78.5 Å². The lowest BCUT2D eigenvalue weighted by atomic mass is 9.98. The highest BCUT2D eigenvalue weighted by atomic mass is 16.5. The van der Waals surface area contributed by atoms with Crippen molar-refractivity contribution in [3.05, 3.63) is 89.5 Å². The number of phenols is 1. The van der Waals surface area contributed by atoms with Crippen molar-refractivity contribution in [2.75, 3.05) is 32.8 Å². The molecule has 23 heteroatoms. The molecule has 9 amide bonds. The molecule has 3 aromatic carbocycles. The van der Waals surface area contributed by atoms with Crippen LogP contribution in [0.3, 0.4) is 0 Å². The van der Waals surface area contributed by atoms with Crippen LogP contribution >= 0.6 is 0 Å². The normalized spacial score (nSPS) is 29.1. The summed E-state index contributed by atoms with van der Waals surface area (Å²) in [5.74, 6) is -4.68. The predicted molar refractivity (Wildman–Crippen MR) is 271 cm³/mol. The van der Waals surface area contributed by atoms with Gasteiger partial charge in [0, 0.05) is 67.9 Å². The third-order valence-corrected chi connectivity index (χ3v) is 16.4. The molecular formula is C53H64N12O11. The maximum Gasteiger partial charge on any atom is 0.407 e. The molecule has 7 aliphatic rings. The Bertz CT molecular complexity index is 2790. The molecule has 23 nitrogen and oxygen atoms in total. The Morgan fingerprint density at radius 1 is 0.592 bits per heavy atom. The average Bonchev–Trinajstić information content (AvgIpc) is 4.27. The van der Waals surface area contributed by atoms with Crippen molar-refractivity contribution in [3.8, 4) is 16.9 Å². The monoisotopic (exact) mass is 1040 g/mol. The molecule has 6 fully saturated rings. The number of carbonyl (C=O) groups is 9. The fourth-order valence-corrected chi connectivity index (χ4v) is 12.1. The number of primary amides is 1. The number of benzene rings is 3. The summed E-state index contributed by atoms with van der Waals surface area (Å²) in [6.45, 7) is 5.80. The fourth-order valence-electron chi connectivity index (χ4n) is 12.1. The molecule has 14 N–H and O–H groups in total. The number of aromatic hydroxyl groups is 1. The van der Waals surface area contributed by atoms with Crippen LogP contribution in [0.5, 0.6) is 5.75 Å². The van der Waals surface area contributed by atoms with Gasteiger partial charge in [-0.25, -0.2) is 4.79 Å². The summed E-state index contributed by atoms with van der Waals surface area (Å²) in [7, 11) is 0. The molecule has 0 aromatic heterocycles. The number of hydrogen-bond donors (Lipinski definition) is 13. The number of ether oxygens (including phenoxy) is 1. The Morgan fingerprint density at radius 2 is 1.03 bits per heavy atom. The molecular weight excluding hydrogens is 981 g/mol. The van der Waals surface area contributed by atoms with Crippen molar-refractivity contribution < 1.29 is 53.0 Å². The quantitative estimate of drug-likeness (QED) is 0.0539. The molecule has 402 valence electrons. The van der Waals surface area contributed by atoms with Gasteiger partial charge in [-0.15, -0.1) is 0 Å². The largest absolute Gasteiger partial charge is 0.508 e. The van der Waals surface area contributed by atoms with Gasteiger partial charge in [0.05, 0.1) is 24.7 Å². The van der Waals surface area contributed by atoms with Gasteiger partial charge < -0.3 is 74.1 Å². The minimum absolute atomic E-state index is 0.00235. The summed E-state index contributed by atoms with van der Waals surface area (Å²) in [5.41, 5.74) is 10.5. The first-order valence-electron chi connectivity index (χ1n) is 25.9. The molecule has 0 unspecified atom stereocenters. The van der Waals surface area contributed by atoms with Crippen molar-refractivity contribution in [1.82, 2.24) is 58.5 Å². The molecule has 3 heterocycles. The molecule has 4 aliphatic carbocycles. The van der Waals surface area contributed by atoms with Crippen LogP contribution in [-0.2, 0) is 49.5 Å². The number of piperidine rings is 3. The number of carbonyl (C=O) groups excluding carboxylic acids is 9. The van der Waals surface area contributed by atoms with Crippen molar-refractivity contribution in [2.45, 2.75) is 93.5 Å². The number of hydrogen-bond acceptors (Lipinski definition) is 14. The van der Waals surface area contributed by atoms with Gasteiger partial charge in [0.25, 0.3) is 0 Å². The summed E-state index contributed by atoms with van der Waals surface area (Å²) in [6, 6.07) is 15.4. The van der Waals surface area contributed by atoms with Crippen LogP contribution in [0.4, 0.5) is 4.79 Å². The lowest BCUT2D eigenvalue weighted by Crippen LogP contribution is -2.55. The lowest BCUT2D eigenvalue weighted by Gasteiger charge is -2.22. The van der Waals surface area contributed by atoms with E-state index in [1.807, 2.05) is 48.5 Å². The van der Waals surface area contributed by atoms with Gasteiger partial charge in [-0.1, -0.05) is 60.7 Å². The van der Waals surface area contributed by atoms with E-state index >= 15 is 0 Å². The van der Waals surface area contributed by atoms with E-state index in [-0.39, 0.29) is 84.2 Å². The molecule has 0 bridgehead atoms. The smallest absolute Gasteiger partial charge is 0.407 e. The molecule has 0 spiro atoms. The standard InChI is InChI=1S/C53H64N12O11/c1-22(47(69)63-40-31-17-55-43(37(31)40)50(72)58-20-36(67)62-35(46(54)68)16-25-12-14-26(66)15-13-25)59-51(73)44-38-32(18-56-44)41(38)64-48(70)23(2)60-52(74)45-39-33(19-57-45)42(39)65-49(71)24(3)61-53(75)76-21-34-29-10-6-4-8-27(29)28-9-5-7-11-30(28)34/h4-15,22-24,31-35,37-45,55-57,66H,16-21H2,1-3H3,(H2,54,68)(H,58,72)(H,59,73)(H,60,74)(H,61,75)(H,62,67)(H,63,69)(H,64,70)(H,65,71)/t22-,23-,24-,31+,32+,33+,35-,37-,38-,39-,40-,41-,42-,43+,44+,45+/m0/s1. The predicted octanol–water partition coefficient (Wildman–Crippen LogP) is -2.93. The topological polar surface area (TPSA) is 341 Å². The molecule has 0 radical (unpaired) electrons. The van der Waals surface area contributed by atoms with Gasteiger partial charge in [0.15, 0.2) is 0 Å². The number of amides is 9. The second-order valence-electron chi connectivity index (χ2n) is 21.2. The molecule has 3 saturated carbocycles. The number of phenolic OH excluding ortho intramolecular Hbond substituents is 1. The lowest BCUT2D eigenvalue weighted by molar-refractivity contribution is -0.130. The minimum Gasteiger partial charge on any atom is -0.508 e. The number of fused-ring (bicyclic) bond motifs is 6. The van der Waals surface area contributed by atoms with E-state index in [1.165, 1.54) is 12.1 Å². The number of nitrogens with one attached hydrogen (secondary N) is 11.